The summed E-state index contributed by atoms with van der Waals surface area (Å²) in [4.78, 5) is 39.8. The molecule has 2 fully saturated rings. The summed E-state index contributed by atoms with van der Waals surface area (Å²) >= 11 is 0. The van der Waals surface area contributed by atoms with E-state index in [1.807, 2.05) is 4.90 Å². The molecule has 1 saturated carbocycles. The molecule has 7 nitrogen and oxygen atoms in total. The highest BCUT2D eigenvalue weighted by Gasteiger charge is 2.25. The first kappa shape index (κ1) is 21.5. The van der Waals surface area contributed by atoms with E-state index >= 15 is 0 Å². The van der Waals surface area contributed by atoms with Gasteiger partial charge in [-0.2, -0.15) is 0 Å². The molecule has 0 aromatic rings. The Bertz CT molecular complexity index is 516. The van der Waals surface area contributed by atoms with E-state index in [9.17, 15) is 14.4 Å². The zero-order valence-corrected chi connectivity index (χ0v) is 17.1. The van der Waals surface area contributed by atoms with Crippen molar-refractivity contribution in [2.75, 3.05) is 32.7 Å². The molecule has 2 rings (SSSR count). The number of ether oxygens (including phenoxy) is 1. The van der Waals surface area contributed by atoms with E-state index in [1.54, 1.807) is 25.7 Å². The molecule has 27 heavy (non-hydrogen) atoms. The Labute approximate surface area is 162 Å². The zero-order chi connectivity index (χ0) is 19.9. The first-order valence-corrected chi connectivity index (χ1v) is 10.3. The van der Waals surface area contributed by atoms with Crippen molar-refractivity contribution in [2.24, 2.45) is 5.92 Å². The fourth-order valence-corrected chi connectivity index (χ4v) is 3.74. The van der Waals surface area contributed by atoms with Gasteiger partial charge in [-0.15, -0.1) is 0 Å². The quantitative estimate of drug-likeness (QED) is 0.794. The lowest BCUT2D eigenvalue weighted by molar-refractivity contribution is -0.139. The van der Waals surface area contributed by atoms with Crippen molar-refractivity contribution in [1.29, 1.82) is 0 Å². The summed E-state index contributed by atoms with van der Waals surface area (Å²) in [6.45, 7) is 7.43. The molecule has 0 aromatic heterocycles. The Balaban J connectivity index is 1.64. The van der Waals surface area contributed by atoms with Gasteiger partial charge in [-0.3, -0.25) is 9.59 Å². The van der Waals surface area contributed by atoms with Gasteiger partial charge in [0.15, 0.2) is 0 Å². The van der Waals surface area contributed by atoms with E-state index in [0.717, 1.165) is 6.42 Å². The molecule has 0 bridgehead atoms. The molecule has 3 amide bonds. The minimum Gasteiger partial charge on any atom is -0.444 e. The Hall–Kier alpha value is -1.79. The average molecular weight is 382 g/mol. The largest absolute Gasteiger partial charge is 0.444 e. The number of nitrogens with one attached hydrogen (secondary N) is 1. The highest BCUT2D eigenvalue weighted by atomic mass is 16.6. The van der Waals surface area contributed by atoms with Gasteiger partial charge in [0.1, 0.15) is 12.1 Å². The van der Waals surface area contributed by atoms with Crippen molar-refractivity contribution in [3.8, 4) is 0 Å². The number of carbonyl (C=O) groups is 3. The molecule has 1 N–H and O–H groups in total. The number of nitrogens with zero attached hydrogens (tertiary/aromatic N) is 2. The van der Waals surface area contributed by atoms with Crippen LogP contribution in [0.4, 0.5) is 4.79 Å². The van der Waals surface area contributed by atoms with Gasteiger partial charge in [-0.05, 0) is 33.1 Å². The second kappa shape index (κ2) is 9.95. The molecule has 1 saturated heterocycles. The number of carbonyl (C=O) groups excluding carboxylic acids is 3. The van der Waals surface area contributed by atoms with Crippen LogP contribution in [0.2, 0.25) is 0 Å². The van der Waals surface area contributed by atoms with Gasteiger partial charge in [-0.25, -0.2) is 4.79 Å². The SMILES string of the molecule is CC(C)(C)OC(=O)NCC(=O)N1CCN(C(=O)CCC2CCCCC2)CC1. The maximum absolute atomic E-state index is 12.4. The molecule has 0 atom stereocenters. The molecule has 1 aliphatic carbocycles. The van der Waals surface area contributed by atoms with Gasteiger partial charge < -0.3 is 19.9 Å². The summed E-state index contributed by atoms with van der Waals surface area (Å²) in [6, 6.07) is 0. The van der Waals surface area contributed by atoms with E-state index in [1.165, 1.54) is 32.1 Å². The lowest BCUT2D eigenvalue weighted by atomic mass is 9.86. The van der Waals surface area contributed by atoms with Gasteiger partial charge in [0.2, 0.25) is 11.8 Å². The van der Waals surface area contributed by atoms with Crippen LogP contribution in [0.5, 0.6) is 0 Å². The molecule has 0 unspecified atom stereocenters. The minimum absolute atomic E-state index is 0.0788. The normalized spacial score (nSPS) is 18.9. The van der Waals surface area contributed by atoms with E-state index < -0.39 is 11.7 Å². The molecule has 7 heteroatoms. The van der Waals surface area contributed by atoms with Crippen molar-refractivity contribution < 1.29 is 19.1 Å². The van der Waals surface area contributed by atoms with E-state index in [4.69, 9.17) is 4.74 Å². The van der Waals surface area contributed by atoms with Crippen molar-refractivity contribution >= 4 is 17.9 Å². The van der Waals surface area contributed by atoms with Gasteiger partial charge in [-0.1, -0.05) is 32.1 Å². The van der Waals surface area contributed by atoms with Crippen LogP contribution in [0.25, 0.3) is 0 Å². The molecular formula is C20H35N3O4. The Morgan fingerprint density at radius 3 is 2.04 bits per heavy atom. The molecule has 1 heterocycles. The third kappa shape index (κ3) is 7.77. The lowest BCUT2D eigenvalue weighted by Gasteiger charge is -2.35. The smallest absolute Gasteiger partial charge is 0.408 e. The van der Waals surface area contributed by atoms with E-state index in [-0.39, 0.29) is 18.4 Å². The monoisotopic (exact) mass is 381 g/mol. The first-order valence-electron chi connectivity index (χ1n) is 10.3. The standard InChI is InChI=1S/C20H35N3O4/c1-20(2,3)27-19(26)21-15-18(25)23-13-11-22(12-14-23)17(24)10-9-16-7-5-4-6-8-16/h16H,4-15H2,1-3H3,(H,21,26). The summed E-state index contributed by atoms with van der Waals surface area (Å²) < 4.78 is 5.13. The predicted molar refractivity (Wildman–Crippen MR) is 103 cm³/mol. The molecule has 0 aromatic carbocycles. The lowest BCUT2D eigenvalue weighted by Crippen LogP contribution is -2.52. The number of hydrogen-bond acceptors (Lipinski definition) is 4. The average Bonchev–Trinajstić information content (AvgIpc) is 2.64. The van der Waals surface area contributed by atoms with Crippen molar-refractivity contribution in [3.63, 3.8) is 0 Å². The molecule has 2 aliphatic rings. The van der Waals surface area contributed by atoms with Gasteiger partial charge in [0, 0.05) is 32.6 Å². The number of amides is 3. The number of piperazine rings is 1. The predicted octanol–water partition coefficient (Wildman–Crippen LogP) is 2.54. The van der Waals surface area contributed by atoms with Gasteiger partial charge >= 0.3 is 6.09 Å². The van der Waals surface area contributed by atoms with Gasteiger partial charge in [0.25, 0.3) is 0 Å². The van der Waals surface area contributed by atoms with Gasteiger partial charge in [0.05, 0.1) is 0 Å². The molecule has 154 valence electrons. The minimum atomic E-state index is -0.590. The third-order valence-corrected chi connectivity index (χ3v) is 5.26. The molecular weight excluding hydrogens is 346 g/mol. The van der Waals surface area contributed by atoms with Crippen LogP contribution in [0.3, 0.4) is 0 Å². The van der Waals surface area contributed by atoms with Crippen molar-refractivity contribution in [1.82, 2.24) is 15.1 Å². The maximum atomic E-state index is 12.4. The topological polar surface area (TPSA) is 79.0 Å². The fourth-order valence-electron chi connectivity index (χ4n) is 3.74. The third-order valence-electron chi connectivity index (χ3n) is 5.26. The zero-order valence-electron chi connectivity index (χ0n) is 17.1. The van der Waals surface area contributed by atoms with Crippen molar-refractivity contribution in [3.05, 3.63) is 0 Å². The van der Waals surface area contributed by atoms with E-state index in [2.05, 4.69) is 5.32 Å². The maximum Gasteiger partial charge on any atom is 0.408 e. The highest BCUT2D eigenvalue weighted by Crippen LogP contribution is 2.27. The van der Waals surface area contributed by atoms with Crippen LogP contribution in [0.15, 0.2) is 0 Å². The summed E-state index contributed by atoms with van der Waals surface area (Å²) in [5.41, 5.74) is -0.587. The number of alkyl carbamates (subject to hydrolysis) is 1. The summed E-state index contributed by atoms with van der Waals surface area (Å²) in [6.07, 6.45) is 7.50. The Morgan fingerprint density at radius 2 is 1.48 bits per heavy atom. The van der Waals surface area contributed by atoms with Crippen LogP contribution in [0, 0.1) is 5.92 Å². The number of rotatable bonds is 5. The summed E-state index contributed by atoms with van der Waals surface area (Å²) in [5, 5.41) is 2.49. The first-order chi connectivity index (χ1) is 12.7. The summed E-state index contributed by atoms with van der Waals surface area (Å²) in [5.74, 6) is 0.777. The van der Waals surface area contributed by atoms with Crippen LogP contribution < -0.4 is 5.32 Å². The summed E-state index contributed by atoms with van der Waals surface area (Å²) in [7, 11) is 0. The van der Waals surface area contributed by atoms with E-state index in [0.29, 0.717) is 38.5 Å². The fraction of sp³-hybridized carbons (Fsp3) is 0.850. The molecule has 1 aliphatic heterocycles. The van der Waals surface area contributed by atoms with Crippen LogP contribution >= 0.6 is 0 Å². The highest BCUT2D eigenvalue weighted by molar-refractivity contribution is 5.83. The Morgan fingerprint density at radius 1 is 0.926 bits per heavy atom. The molecule has 0 spiro atoms. The van der Waals surface area contributed by atoms with Crippen molar-refractivity contribution in [2.45, 2.75) is 71.3 Å². The van der Waals surface area contributed by atoms with Crippen LogP contribution in [0.1, 0.15) is 65.7 Å². The second-order valence-corrected chi connectivity index (χ2v) is 8.66. The van der Waals surface area contributed by atoms with Crippen LogP contribution in [-0.2, 0) is 14.3 Å². The number of hydrogen-bond donors (Lipinski definition) is 1. The second-order valence-electron chi connectivity index (χ2n) is 8.66. The molecule has 0 radical (unpaired) electrons. The Kier molecular flexibility index (Phi) is 7.92. The van der Waals surface area contributed by atoms with Crippen LogP contribution in [-0.4, -0.2) is 66.0 Å².